The molecule has 6 heteroatoms. The first-order chi connectivity index (χ1) is 10.5. The van der Waals surface area contributed by atoms with Crippen molar-refractivity contribution in [3.05, 3.63) is 63.7 Å². The van der Waals surface area contributed by atoms with Crippen LogP contribution in [0.15, 0.2) is 30.3 Å². The molecule has 1 aliphatic carbocycles. The van der Waals surface area contributed by atoms with Gasteiger partial charge < -0.3 is 10.8 Å². The van der Waals surface area contributed by atoms with Gasteiger partial charge in [0.25, 0.3) is 0 Å². The standard InChI is InChI=1S/C16H8N2O4/c17-6-7-5-10(16(21)22)13(18)12-11(7)14(19)8-3-1-2-4-9(8)15(12)20/h1-5H,18H2,(H,21,22). The fraction of sp³-hybridized carbons (Fsp3) is 0. The second-order valence-electron chi connectivity index (χ2n) is 4.76. The van der Waals surface area contributed by atoms with Crippen molar-refractivity contribution in [2.75, 3.05) is 5.73 Å². The summed E-state index contributed by atoms with van der Waals surface area (Å²) >= 11 is 0. The Morgan fingerprint density at radius 2 is 1.64 bits per heavy atom. The molecule has 0 amide bonds. The van der Waals surface area contributed by atoms with Crippen molar-refractivity contribution in [1.82, 2.24) is 0 Å². The summed E-state index contributed by atoms with van der Waals surface area (Å²) in [5.41, 5.74) is 4.93. The zero-order valence-electron chi connectivity index (χ0n) is 11.1. The van der Waals surface area contributed by atoms with Crippen molar-refractivity contribution in [2.24, 2.45) is 0 Å². The summed E-state index contributed by atoms with van der Waals surface area (Å²) in [6.07, 6.45) is 0. The summed E-state index contributed by atoms with van der Waals surface area (Å²) in [4.78, 5) is 36.4. The Morgan fingerprint density at radius 1 is 1.09 bits per heavy atom. The van der Waals surface area contributed by atoms with Gasteiger partial charge in [-0.2, -0.15) is 5.26 Å². The number of nitriles is 1. The third-order valence-corrected chi connectivity index (χ3v) is 3.59. The Kier molecular flexibility index (Phi) is 2.78. The van der Waals surface area contributed by atoms with E-state index in [9.17, 15) is 19.6 Å². The monoisotopic (exact) mass is 292 g/mol. The van der Waals surface area contributed by atoms with Crippen LogP contribution in [0.2, 0.25) is 0 Å². The molecule has 0 saturated heterocycles. The molecular weight excluding hydrogens is 284 g/mol. The highest BCUT2D eigenvalue weighted by Crippen LogP contribution is 2.34. The lowest BCUT2D eigenvalue weighted by atomic mass is 9.80. The number of carboxylic acids is 1. The number of fused-ring (bicyclic) bond motifs is 2. The topological polar surface area (TPSA) is 121 Å². The second kappa shape index (κ2) is 4.53. The molecule has 0 bridgehead atoms. The van der Waals surface area contributed by atoms with Crippen LogP contribution in [0, 0.1) is 11.3 Å². The number of carboxylic acid groups (broad SMARTS) is 1. The number of nitrogens with zero attached hydrogens (tertiary/aromatic N) is 1. The van der Waals surface area contributed by atoms with Gasteiger partial charge in [0, 0.05) is 11.1 Å². The highest BCUT2D eigenvalue weighted by molar-refractivity contribution is 6.31. The third-order valence-electron chi connectivity index (χ3n) is 3.59. The molecule has 0 unspecified atom stereocenters. The van der Waals surface area contributed by atoms with E-state index in [1.165, 1.54) is 12.1 Å². The number of carbonyl (C=O) groups excluding carboxylic acids is 2. The van der Waals surface area contributed by atoms with E-state index in [2.05, 4.69) is 0 Å². The number of hydrogen-bond donors (Lipinski definition) is 2. The molecule has 22 heavy (non-hydrogen) atoms. The van der Waals surface area contributed by atoms with Gasteiger partial charge >= 0.3 is 5.97 Å². The molecule has 0 saturated carbocycles. The minimum atomic E-state index is -1.36. The molecule has 0 spiro atoms. The quantitative estimate of drug-likeness (QED) is 0.657. The van der Waals surface area contributed by atoms with E-state index in [0.29, 0.717) is 0 Å². The van der Waals surface area contributed by atoms with Gasteiger partial charge in [-0.1, -0.05) is 24.3 Å². The second-order valence-corrected chi connectivity index (χ2v) is 4.76. The van der Waals surface area contributed by atoms with Crippen molar-refractivity contribution in [3.63, 3.8) is 0 Å². The maximum Gasteiger partial charge on any atom is 0.337 e. The number of anilines is 1. The van der Waals surface area contributed by atoms with Gasteiger partial charge in [0.05, 0.1) is 34.0 Å². The average molecular weight is 292 g/mol. The summed E-state index contributed by atoms with van der Waals surface area (Å²) in [6.45, 7) is 0. The van der Waals surface area contributed by atoms with Crippen molar-refractivity contribution in [3.8, 4) is 6.07 Å². The van der Waals surface area contributed by atoms with Crippen LogP contribution in [0.4, 0.5) is 5.69 Å². The number of nitrogens with two attached hydrogens (primary N) is 1. The lowest BCUT2D eigenvalue weighted by Crippen LogP contribution is -2.25. The van der Waals surface area contributed by atoms with E-state index in [1.807, 2.05) is 0 Å². The molecule has 2 aromatic rings. The van der Waals surface area contributed by atoms with Crippen LogP contribution in [-0.2, 0) is 0 Å². The van der Waals surface area contributed by atoms with Crippen LogP contribution < -0.4 is 5.73 Å². The minimum absolute atomic E-state index is 0.131. The molecule has 3 N–H and O–H groups in total. The normalized spacial score (nSPS) is 12.3. The van der Waals surface area contributed by atoms with E-state index in [4.69, 9.17) is 10.8 Å². The molecule has 2 aromatic carbocycles. The Hall–Kier alpha value is -3.46. The summed E-state index contributed by atoms with van der Waals surface area (Å²) in [5, 5.41) is 18.3. The largest absolute Gasteiger partial charge is 0.478 e. The van der Waals surface area contributed by atoms with Gasteiger partial charge in [-0.25, -0.2) is 4.79 Å². The molecule has 0 aromatic heterocycles. The van der Waals surface area contributed by atoms with Crippen LogP contribution in [0.5, 0.6) is 0 Å². The SMILES string of the molecule is N#Cc1cc(C(=O)O)c(N)c2c1C(=O)c1ccccc1C2=O. The summed E-state index contributed by atoms with van der Waals surface area (Å²) in [5.74, 6) is -2.43. The number of aromatic carboxylic acids is 1. The van der Waals surface area contributed by atoms with Crippen molar-refractivity contribution < 1.29 is 19.5 Å². The van der Waals surface area contributed by atoms with E-state index >= 15 is 0 Å². The predicted octanol–water partition coefficient (Wildman–Crippen LogP) is 1.61. The van der Waals surface area contributed by atoms with E-state index in [1.54, 1.807) is 18.2 Å². The predicted molar refractivity (Wildman–Crippen MR) is 75.8 cm³/mol. The van der Waals surface area contributed by atoms with Crippen LogP contribution >= 0.6 is 0 Å². The van der Waals surface area contributed by atoms with Crippen LogP contribution in [0.25, 0.3) is 0 Å². The van der Waals surface area contributed by atoms with Gasteiger partial charge in [0.15, 0.2) is 11.6 Å². The number of hydrogen-bond acceptors (Lipinski definition) is 5. The molecule has 106 valence electrons. The summed E-state index contributed by atoms with van der Waals surface area (Å²) in [7, 11) is 0. The maximum absolute atomic E-state index is 12.6. The van der Waals surface area contributed by atoms with Crippen molar-refractivity contribution >= 4 is 23.2 Å². The van der Waals surface area contributed by atoms with Crippen LogP contribution in [-0.4, -0.2) is 22.6 Å². The van der Waals surface area contributed by atoms with Gasteiger partial charge in [-0.3, -0.25) is 9.59 Å². The zero-order valence-corrected chi connectivity index (χ0v) is 11.1. The Balaban J connectivity index is 2.45. The highest BCUT2D eigenvalue weighted by Gasteiger charge is 2.35. The fourth-order valence-corrected chi connectivity index (χ4v) is 2.58. The molecule has 0 atom stereocenters. The molecule has 6 nitrogen and oxygen atoms in total. The minimum Gasteiger partial charge on any atom is -0.478 e. The molecule has 0 fully saturated rings. The summed E-state index contributed by atoms with van der Waals surface area (Å²) in [6, 6.07) is 8.95. The van der Waals surface area contributed by atoms with E-state index in [0.717, 1.165) is 6.07 Å². The number of nitrogen functional groups attached to an aromatic ring is 1. The van der Waals surface area contributed by atoms with Crippen molar-refractivity contribution in [2.45, 2.75) is 0 Å². The Labute approximate surface area is 124 Å². The lowest BCUT2D eigenvalue weighted by molar-refractivity contribution is 0.0697. The van der Waals surface area contributed by atoms with Gasteiger partial charge in [-0.15, -0.1) is 0 Å². The molecule has 3 rings (SSSR count). The highest BCUT2D eigenvalue weighted by atomic mass is 16.4. The van der Waals surface area contributed by atoms with Gasteiger partial charge in [0.2, 0.25) is 0 Å². The smallest absolute Gasteiger partial charge is 0.337 e. The zero-order chi connectivity index (χ0) is 16.0. The fourth-order valence-electron chi connectivity index (χ4n) is 2.58. The molecule has 0 heterocycles. The average Bonchev–Trinajstić information content (AvgIpc) is 2.52. The Morgan fingerprint density at radius 3 is 2.14 bits per heavy atom. The molecule has 1 aliphatic rings. The van der Waals surface area contributed by atoms with Crippen molar-refractivity contribution in [1.29, 1.82) is 5.26 Å². The molecule has 0 aliphatic heterocycles. The summed E-state index contributed by atoms with van der Waals surface area (Å²) < 4.78 is 0. The van der Waals surface area contributed by atoms with Crippen LogP contribution in [0.3, 0.4) is 0 Å². The van der Waals surface area contributed by atoms with E-state index in [-0.39, 0.29) is 39.1 Å². The van der Waals surface area contributed by atoms with Gasteiger partial charge in [-0.05, 0) is 6.07 Å². The number of rotatable bonds is 1. The number of ketones is 2. The number of benzene rings is 2. The molecule has 0 radical (unpaired) electrons. The first-order valence-electron chi connectivity index (χ1n) is 6.25. The lowest BCUT2D eigenvalue weighted by Gasteiger charge is -2.20. The number of carbonyl (C=O) groups is 3. The van der Waals surface area contributed by atoms with E-state index < -0.39 is 17.5 Å². The van der Waals surface area contributed by atoms with Gasteiger partial charge in [0.1, 0.15) is 0 Å². The van der Waals surface area contributed by atoms with Crippen LogP contribution in [0.1, 0.15) is 47.8 Å². The maximum atomic E-state index is 12.6. The molecular formula is C16H8N2O4. The first kappa shape index (κ1) is 13.5. The third kappa shape index (κ3) is 1.63. The first-order valence-corrected chi connectivity index (χ1v) is 6.25. The Bertz CT molecular complexity index is 922.